The van der Waals surface area contributed by atoms with Crippen molar-refractivity contribution in [2.75, 3.05) is 24.7 Å². The Balaban J connectivity index is 1.24. The number of fused-ring (bicyclic) bond motifs is 4. The zero-order chi connectivity index (χ0) is 31.9. The second-order valence-electron chi connectivity index (χ2n) is 16.5. The molecule has 2 fully saturated rings. The van der Waals surface area contributed by atoms with Crippen molar-refractivity contribution in [1.82, 2.24) is 0 Å². The SMILES string of the molecule is CC(C)=CCCC(C)C1CC[C@@]2(C)C3=C(CCC12C)C1(C)CCC(OC/C=C/COc2ccc(N)cc2N)C(C)(C)C1CC3. The molecule has 0 saturated heterocycles. The van der Waals surface area contributed by atoms with Gasteiger partial charge in [0, 0.05) is 5.69 Å². The second-order valence-corrected chi connectivity index (χ2v) is 16.5. The fraction of sp³-hybridized carbons (Fsp3) is 0.700. The van der Waals surface area contributed by atoms with E-state index in [0.717, 1.165) is 18.3 Å². The van der Waals surface area contributed by atoms with Gasteiger partial charge in [0.2, 0.25) is 0 Å². The number of nitrogen functional groups attached to an aromatic ring is 2. The summed E-state index contributed by atoms with van der Waals surface area (Å²) in [6, 6.07) is 5.37. The van der Waals surface area contributed by atoms with Gasteiger partial charge < -0.3 is 20.9 Å². The van der Waals surface area contributed by atoms with Crippen molar-refractivity contribution < 1.29 is 9.47 Å². The average molecular weight is 603 g/mol. The maximum absolute atomic E-state index is 6.61. The van der Waals surface area contributed by atoms with Crippen molar-refractivity contribution in [3.05, 3.63) is 53.1 Å². The van der Waals surface area contributed by atoms with Gasteiger partial charge in [-0.05, 0) is 142 Å². The van der Waals surface area contributed by atoms with Gasteiger partial charge in [-0.3, -0.25) is 0 Å². The summed E-state index contributed by atoms with van der Waals surface area (Å²) in [4.78, 5) is 0. The number of ether oxygens (including phenoxy) is 2. The summed E-state index contributed by atoms with van der Waals surface area (Å²) in [7, 11) is 0. The van der Waals surface area contributed by atoms with Crippen LogP contribution in [0.3, 0.4) is 0 Å². The van der Waals surface area contributed by atoms with Gasteiger partial charge in [-0.2, -0.15) is 0 Å². The summed E-state index contributed by atoms with van der Waals surface area (Å²) in [5.41, 5.74) is 19.5. The quantitative estimate of drug-likeness (QED) is 0.206. The Morgan fingerprint density at radius 2 is 1.68 bits per heavy atom. The molecule has 0 amide bonds. The summed E-state index contributed by atoms with van der Waals surface area (Å²) < 4.78 is 12.4. The first-order chi connectivity index (χ1) is 20.7. The summed E-state index contributed by atoms with van der Waals surface area (Å²) in [6.45, 7) is 21.1. The van der Waals surface area contributed by atoms with E-state index in [1.807, 2.05) is 29.4 Å². The topological polar surface area (TPSA) is 70.5 Å². The summed E-state index contributed by atoms with van der Waals surface area (Å²) in [6.07, 6.45) is 19.9. The number of hydrogen-bond acceptors (Lipinski definition) is 4. The summed E-state index contributed by atoms with van der Waals surface area (Å²) >= 11 is 0. The van der Waals surface area contributed by atoms with Crippen LogP contribution in [-0.2, 0) is 4.74 Å². The van der Waals surface area contributed by atoms with Gasteiger partial charge in [-0.25, -0.2) is 0 Å². The molecule has 7 atom stereocenters. The smallest absolute Gasteiger partial charge is 0.142 e. The van der Waals surface area contributed by atoms with E-state index in [-0.39, 0.29) is 11.5 Å². The van der Waals surface area contributed by atoms with E-state index in [9.17, 15) is 0 Å². The molecular formula is C40H62N2O2. The van der Waals surface area contributed by atoms with E-state index in [4.69, 9.17) is 20.9 Å². The van der Waals surface area contributed by atoms with Crippen molar-refractivity contribution in [3.8, 4) is 5.75 Å². The molecule has 0 heterocycles. The number of nitrogens with two attached hydrogens (primary N) is 2. The van der Waals surface area contributed by atoms with E-state index >= 15 is 0 Å². The maximum Gasteiger partial charge on any atom is 0.142 e. The van der Waals surface area contributed by atoms with E-state index < -0.39 is 0 Å². The molecule has 5 rings (SSSR count). The molecule has 4 aliphatic carbocycles. The van der Waals surface area contributed by atoms with Crippen molar-refractivity contribution in [2.45, 2.75) is 126 Å². The number of anilines is 2. The largest absolute Gasteiger partial charge is 0.487 e. The van der Waals surface area contributed by atoms with E-state index in [1.165, 1.54) is 63.4 Å². The summed E-state index contributed by atoms with van der Waals surface area (Å²) in [5.74, 6) is 2.99. The highest BCUT2D eigenvalue weighted by atomic mass is 16.5. The Labute approximate surface area is 269 Å². The molecule has 0 spiro atoms. The number of hydrogen-bond donors (Lipinski definition) is 2. The van der Waals surface area contributed by atoms with Gasteiger partial charge in [0.25, 0.3) is 0 Å². The lowest BCUT2D eigenvalue weighted by Gasteiger charge is -2.62. The highest BCUT2D eigenvalue weighted by molar-refractivity contribution is 5.60. The average Bonchev–Trinajstić information content (AvgIpc) is 3.23. The van der Waals surface area contributed by atoms with Gasteiger partial charge in [0.1, 0.15) is 12.4 Å². The molecule has 244 valence electrons. The van der Waals surface area contributed by atoms with Crippen LogP contribution in [0.15, 0.2) is 53.1 Å². The van der Waals surface area contributed by atoms with Crippen LogP contribution in [0, 0.1) is 39.4 Å². The van der Waals surface area contributed by atoms with E-state index in [0.29, 0.717) is 52.5 Å². The highest BCUT2D eigenvalue weighted by Gasteiger charge is 2.63. The minimum atomic E-state index is 0.146. The Hall–Kier alpha value is -2.20. The van der Waals surface area contributed by atoms with Gasteiger partial charge in [0.05, 0.1) is 18.4 Å². The fourth-order valence-corrected chi connectivity index (χ4v) is 10.9. The third-order valence-electron chi connectivity index (χ3n) is 13.5. The van der Waals surface area contributed by atoms with E-state index in [2.05, 4.69) is 67.5 Å². The number of benzene rings is 1. The molecule has 0 radical (unpaired) electrons. The maximum atomic E-state index is 6.61. The minimum Gasteiger partial charge on any atom is -0.487 e. The molecule has 0 aliphatic heterocycles. The standard InChI is InChI=1S/C40H62N2O2/c1-27(2)12-11-13-28(3)30-18-22-40(8)32-15-17-35-37(4,5)36(20-21-38(35,6)31(32)19-23-39(30,40)7)44-25-10-9-24-43-34-16-14-29(41)26-33(34)42/h9-10,12,14,16,26,28,30,35-36H,11,13,15,17-25,41-42H2,1-8H3/b10-9+/t28?,30?,35?,36?,38?,39?,40-/m0/s1. The predicted octanol–water partition coefficient (Wildman–Crippen LogP) is 10.3. The minimum absolute atomic E-state index is 0.146. The molecule has 1 aromatic carbocycles. The van der Waals surface area contributed by atoms with Gasteiger partial charge in [-0.1, -0.05) is 70.4 Å². The van der Waals surface area contributed by atoms with Crippen LogP contribution in [0.25, 0.3) is 0 Å². The first-order valence-electron chi connectivity index (χ1n) is 17.6. The van der Waals surface area contributed by atoms with Crippen LogP contribution >= 0.6 is 0 Å². The molecule has 2 saturated carbocycles. The van der Waals surface area contributed by atoms with Crippen LogP contribution in [0.5, 0.6) is 5.75 Å². The molecule has 4 N–H and O–H groups in total. The number of allylic oxidation sites excluding steroid dienone is 4. The van der Waals surface area contributed by atoms with Crippen molar-refractivity contribution in [1.29, 1.82) is 0 Å². The first kappa shape index (κ1) is 33.2. The Morgan fingerprint density at radius 3 is 2.41 bits per heavy atom. The second kappa shape index (κ2) is 12.5. The van der Waals surface area contributed by atoms with E-state index in [1.54, 1.807) is 6.07 Å². The monoisotopic (exact) mass is 602 g/mol. The Kier molecular flexibility index (Phi) is 9.45. The molecule has 4 aliphatic rings. The van der Waals surface area contributed by atoms with Crippen molar-refractivity contribution in [3.63, 3.8) is 0 Å². The lowest BCUT2D eigenvalue weighted by Crippen LogP contribution is -2.55. The Bertz CT molecular complexity index is 1290. The fourth-order valence-electron chi connectivity index (χ4n) is 10.9. The van der Waals surface area contributed by atoms with Crippen LogP contribution in [0.2, 0.25) is 0 Å². The normalized spacial score (nSPS) is 35.1. The molecule has 1 aromatic rings. The van der Waals surface area contributed by atoms with Crippen LogP contribution in [0.4, 0.5) is 11.4 Å². The van der Waals surface area contributed by atoms with Crippen molar-refractivity contribution >= 4 is 11.4 Å². The third-order valence-corrected chi connectivity index (χ3v) is 13.5. The molecule has 44 heavy (non-hydrogen) atoms. The molecule has 4 nitrogen and oxygen atoms in total. The lowest BCUT2D eigenvalue weighted by molar-refractivity contribution is -0.120. The number of rotatable bonds is 10. The van der Waals surface area contributed by atoms with Crippen LogP contribution in [0.1, 0.15) is 120 Å². The van der Waals surface area contributed by atoms with Crippen molar-refractivity contribution in [2.24, 2.45) is 39.4 Å². The summed E-state index contributed by atoms with van der Waals surface area (Å²) in [5, 5.41) is 0. The molecule has 4 heteroatoms. The molecule has 0 bridgehead atoms. The third kappa shape index (κ3) is 5.78. The highest BCUT2D eigenvalue weighted by Crippen LogP contribution is 2.72. The lowest BCUT2D eigenvalue weighted by atomic mass is 9.43. The molecule has 6 unspecified atom stereocenters. The van der Waals surface area contributed by atoms with Crippen LogP contribution in [-0.4, -0.2) is 19.3 Å². The van der Waals surface area contributed by atoms with Crippen LogP contribution < -0.4 is 16.2 Å². The van der Waals surface area contributed by atoms with Gasteiger partial charge >= 0.3 is 0 Å². The zero-order valence-corrected chi connectivity index (χ0v) is 29.2. The molecular weight excluding hydrogens is 540 g/mol. The Morgan fingerprint density at radius 1 is 0.932 bits per heavy atom. The van der Waals surface area contributed by atoms with Gasteiger partial charge in [-0.15, -0.1) is 0 Å². The zero-order valence-electron chi connectivity index (χ0n) is 29.2. The molecule has 0 aromatic heterocycles. The van der Waals surface area contributed by atoms with Gasteiger partial charge in [0.15, 0.2) is 0 Å². The first-order valence-corrected chi connectivity index (χ1v) is 17.6. The predicted molar refractivity (Wildman–Crippen MR) is 187 cm³/mol.